The lowest BCUT2D eigenvalue weighted by atomic mass is 10.2. The van der Waals surface area contributed by atoms with Gasteiger partial charge in [-0.25, -0.2) is 4.98 Å². The maximum absolute atomic E-state index is 11.6. The van der Waals surface area contributed by atoms with Gasteiger partial charge in [0.05, 0.1) is 11.3 Å². The smallest absolute Gasteiger partial charge is 0.255 e. The molecule has 0 saturated carbocycles. The van der Waals surface area contributed by atoms with Crippen molar-refractivity contribution in [2.75, 3.05) is 20.6 Å². The highest BCUT2D eigenvalue weighted by molar-refractivity contribution is 5.21. The molecule has 1 aliphatic heterocycles. The zero-order valence-electron chi connectivity index (χ0n) is 9.13. The number of aromatic nitrogens is 2. The third-order valence-corrected chi connectivity index (χ3v) is 2.54. The van der Waals surface area contributed by atoms with Crippen molar-refractivity contribution >= 4 is 0 Å². The van der Waals surface area contributed by atoms with Crippen molar-refractivity contribution in [3.63, 3.8) is 0 Å². The molecule has 0 aliphatic carbocycles. The molecule has 0 spiro atoms. The Hall–Kier alpha value is -1.20. The summed E-state index contributed by atoms with van der Waals surface area (Å²) < 4.78 is 0. The van der Waals surface area contributed by atoms with Crippen LogP contribution in [0.2, 0.25) is 0 Å². The van der Waals surface area contributed by atoms with Crippen LogP contribution in [-0.2, 0) is 19.5 Å². The summed E-state index contributed by atoms with van der Waals surface area (Å²) in [7, 11) is 4.01. The van der Waals surface area contributed by atoms with Gasteiger partial charge in [-0.15, -0.1) is 0 Å². The molecular formula is C10H16N4O. The molecule has 0 fully saturated rings. The average molecular weight is 208 g/mol. The van der Waals surface area contributed by atoms with Crippen LogP contribution in [0.3, 0.4) is 0 Å². The Labute approximate surface area is 88.5 Å². The number of H-pyrrole nitrogens is 1. The first-order valence-corrected chi connectivity index (χ1v) is 5.13. The largest absolute Gasteiger partial charge is 0.310 e. The topological polar surface area (TPSA) is 61.0 Å². The van der Waals surface area contributed by atoms with E-state index in [1.807, 2.05) is 14.1 Å². The summed E-state index contributed by atoms with van der Waals surface area (Å²) in [5.41, 5.74) is 1.72. The first kappa shape index (κ1) is 10.3. The molecule has 2 rings (SSSR count). The molecule has 0 bridgehead atoms. The van der Waals surface area contributed by atoms with E-state index < -0.39 is 0 Å². The molecule has 0 unspecified atom stereocenters. The summed E-state index contributed by atoms with van der Waals surface area (Å²) in [5.74, 6) is 0.788. The summed E-state index contributed by atoms with van der Waals surface area (Å²) in [4.78, 5) is 21.0. The van der Waals surface area contributed by atoms with Gasteiger partial charge in [0.25, 0.3) is 5.56 Å². The molecule has 82 valence electrons. The van der Waals surface area contributed by atoms with Gasteiger partial charge in [-0.1, -0.05) is 0 Å². The van der Waals surface area contributed by atoms with Gasteiger partial charge in [0.15, 0.2) is 0 Å². The lowest BCUT2D eigenvalue weighted by Crippen LogP contribution is -2.21. The van der Waals surface area contributed by atoms with E-state index in [0.29, 0.717) is 13.1 Å². The molecule has 1 aliphatic rings. The van der Waals surface area contributed by atoms with E-state index in [9.17, 15) is 4.79 Å². The minimum absolute atomic E-state index is 0.0127. The van der Waals surface area contributed by atoms with Crippen LogP contribution < -0.4 is 10.9 Å². The maximum atomic E-state index is 11.6. The van der Waals surface area contributed by atoms with E-state index >= 15 is 0 Å². The highest BCUT2D eigenvalue weighted by atomic mass is 16.1. The summed E-state index contributed by atoms with van der Waals surface area (Å²) >= 11 is 0. The van der Waals surface area contributed by atoms with Crippen molar-refractivity contribution in [3.05, 3.63) is 27.4 Å². The molecule has 2 N–H and O–H groups in total. The quantitative estimate of drug-likeness (QED) is 0.701. The van der Waals surface area contributed by atoms with Crippen molar-refractivity contribution in [1.82, 2.24) is 20.2 Å². The average Bonchev–Trinajstić information content (AvgIpc) is 2.63. The van der Waals surface area contributed by atoms with Gasteiger partial charge in [0.1, 0.15) is 5.82 Å². The highest BCUT2D eigenvalue weighted by Gasteiger charge is 2.16. The van der Waals surface area contributed by atoms with Crippen LogP contribution in [-0.4, -0.2) is 35.5 Å². The number of nitrogens with zero attached hydrogens (tertiary/aromatic N) is 2. The Bertz CT molecular complexity index is 410. The number of hydrogen-bond donors (Lipinski definition) is 2. The fourth-order valence-corrected chi connectivity index (χ4v) is 1.68. The zero-order chi connectivity index (χ0) is 10.8. The van der Waals surface area contributed by atoms with E-state index in [4.69, 9.17) is 0 Å². The van der Waals surface area contributed by atoms with Gasteiger partial charge < -0.3 is 15.2 Å². The zero-order valence-corrected chi connectivity index (χ0v) is 9.13. The van der Waals surface area contributed by atoms with Gasteiger partial charge in [-0.3, -0.25) is 4.79 Å². The normalized spacial score (nSPS) is 14.6. The van der Waals surface area contributed by atoms with Crippen molar-refractivity contribution in [3.8, 4) is 0 Å². The fraction of sp³-hybridized carbons (Fsp3) is 0.600. The molecule has 0 atom stereocenters. The monoisotopic (exact) mass is 208 g/mol. The Balaban J connectivity index is 2.20. The number of aromatic amines is 1. The van der Waals surface area contributed by atoms with Crippen molar-refractivity contribution < 1.29 is 0 Å². The van der Waals surface area contributed by atoms with Crippen molar-refractivity contribution in [1.29, 1.82) is 0 Å². The Kier molecular flexibility index (Phi) is 2.83. The first-order chi connectivity index (χ1) is 7.16. The van der Waals surface area contributed by atoms with Crippen LogP contribution in [0.1, 0.15) is 17.1 Å². The number of fused-ring (bicyclic) bond motifs is 1. The van der Waals surface area contributed by atoms with Crippen LogP contribution in [0, 0.1) is 0 Å². The molecule has 0 saturated heterocycles. The SMILES string of the molecule is CN(C)CCc1nc2c(c(=O)[nH]1)CNC2. The van der Waals surface area contributed by atoms with Crippen LogP contribution in [0.25, 0.3) is 0 Å². The standard InChI is InChI=1S/C10H16N4O/c1-14(2)4-3-9-12-8-6-11-5-7(8)10(15)13-9/h11H,3-6H2,1-2H3,(H,12,13,15). The van der Waals surface area contributed by atoms with E-state index in [1.54, 1.807) is 0 Å². The predicted octanol–water partition coefficient (Wildman–Crippen LogP) is -0.523. The number of likely N-dealkylation sites (N-methyl/N-ethyl adjacent to an activating group) is 1. The molecule has 0 radical (unpaired) electrons. The summed E-state index contributed by atoms with van der Waals surface area (Å²) in [6.07, 6.45) is 0.787. The Morgan fingerprint density at radius 2 is 2.20 bits per heavy atom. The maximum Gasteiger partial charge on any atom is 0.255 e. The van der Waals surface area contributed by atoms with Gasteiger partial charge >= 0.3 is 0 Å². The van der Waals surface area contributed by atoms with Crippen LogP contribution in [0.5, 0.6) is 0 Å². The molecular weight excluding hydrogens is 192 g/mol. The third-order valence-electron chi connectivity index (χ3n) is 2.54. The van der Waals surface area contributed by atoms with Crippen LogP contribution >= 0.6 is 0 Å². The molecule has 5 heteroatoms. The molecule has 1 aromatic rings. The van der Waals surface area contributed by atoms with Crippen molar-refractivity contribution in [2.45, 2.75) is 19.5 Å². The van der Waals surface area contributed by atoms with Crippen LogP contribution in [0.4, 0.5) is 0 Å². The second kappa shape index (κ2) is 4.12. The lowest BCUT2D eigenvalue weighted by Gasteiger charge is -2.08. The van der Waals surface area contributed by atoms with Gasteiger partial charge in [-0.2, -0.15) is 0 Å². The Morgan fingerprint density at radius 1 is 1.40 bits per heavy atom. The lowest BCUT2D eigenvalue weighted by molar-refractivity contribution is 0.409. The predicted molar refractivity (Wildman–Crippen MR) is 57.7 cm³/mol. The molecule has 2 heterocycles. The number of hydrogen-bond acceptors (Lipinski definition) is 4. The van der Waals surface area contributed by atoms with Gasteiger partial charge in [0.2, 0.25) is 0 Å². The number of rotatable bonds is 3. The molecule has 1 aromatic heterocycles. The Morgan fingerprint density at radius 3 is 2.93 bits per heavy atom. The third kappa shape index (κ3) is 2.24. The summed E-state index contributed by atoms with van der Waals surface area (Å²) in [6.45, 7) is 2.26. The fourth-order valence-electron chi connectivity index (χ4n) is 1.68. The van der Waals surface area contributed by atoms with Crippen LogP contribution in [0.15, 0.2) is 4.79 Å². The highest BCUT2D eigenvalue weighted by Crippen LogP contribution is 2.07. The molecule has 0 aromatic carbocycles. The van der Waals surface area contributed by atoms with Gasteiger partial charge in [0, 0.05) is 26.1 Å². The molecule has 15 heavy (non-hydrogen) atoms. The van der Waals surface area contributed by atoms with E-state index in [-0.39, 0.29) is 5.56 Å². The first-order valence-electron chi connectivity index (χ1n) is 5.13. The summed E-state index contributed by atoms with van der Waals surface area (Å²) in [5, 5.41) is 3.13. The molecule has 5 nitrogen and oxygen atoms in total. The number of nitrogens with one attached hydrogen (secondary N) is 2. The van der Waals surface area contributed by atoms with Gasteiger partial charge in [-0.05, 0) is 14.1 Å². The van der Waals surface area contributed by atoms with E-state index in [2.05, 4.69) is 20.2 Å². The van der Waals surface area contributed by atoms with E-state index in [0.717, 1.165) is 30.0 Å². The van der Waals surface area contributed by atoms with Crippen molar-refractivity contribution in [2.24, 2.45) is 0 Å². The van der Waals surface area contributed by atoms with E-state index in [1.165, 1.54) is 0 Å². The summed E-state index contributed by atoms with van der Waals surface area (Å²) in [6, 6.07) is 0. The minimum Gasteiger partial charge on any atom is -0.310 e. The molecule has 0 amide bonds. The second-order valence-corrected chi connectivity index (χ2v) is 4.09. The minimum atomic E-state index is 0.0127. The second-order valence-electron chi connectivity index (χ2n) is 4.09.